The number of methoxy groups -OCH3 is 1. The molecule has 5 heteroatoms. The number of rotatable bonds is 6. The van der Waals surface area contributed by atoms with Gasteiger partial charge in [0.1, 0.15) is 12.4 Å². The molecule has 0 aliphatic rings. The topological polar surface area (TPSA) is 73.2 Å². The summed E-state index contributed by atoms with van der Waals surface area (Å²) in [6.45, 7) is 1.60. The van der Waals surface area contributed by atoms with E-state index in [1.807, 2.05) is 30.3 Å². The second-order valence-corrected chi connectivity index (χ2v) is 3.85. The van der Waals surface area contributed by atoms with Crippen molar-refractivity contribution in [2.45, 2.75) is 6.54 Å². The molecule has 1 aromatic carbocycles. The van der Waals surface area contributed by atoms with Crippen LogP contribution in [0.25, 0.3) is 11.3 Å². The first-order valence-corrected chi connectivity index (χ1v) is 5.80. The third kappa shape index (κ3) is 3.09. The number of H-pyrrole nitrogens is 1. The van der Waals surface area contributed by atoms with E-state index in [9.17, 15) is 0 Å². The minimum Gasteiger partial charge on any atom is -0.491 e. The fourth-order valence-corrected chi connectivity index (χ4v) is 1.58. The number of nitrogens with zero attached hydrogens (tertiary/aromatic N) is 1. The first kappa shape index (κ1) is 12.6. The van der Waals surface area contributed by atoms with Gasteiger partial charge in [0.25, 0.3) is 0 Å². The Labute approximate surface area is 106 Å². The summed E-state index contributed by atoms with van der Waals surface area (Å²) in [5, 5.41) is 7.08. The molecule has 0 spiro atoms. The molecule has 0 unspecified atom stereocenters. The van der Waals surface area contributed by atoms with Crippen molar-refractivity contribution in [3.05, 3.63) is 36.0 Å². The summed E-state index contributed by atoms with van der Waals surface area (Å²) in [5.74, 6) is 0.824. The van der Waals surface area contributed by atoms with E-state index in [1.54, 1.807) is 7.11 Å². The zero-order valence-corrected chi connectivity index (χ0v) is 10.3. The van der Waals surface area contributed by atoms with Crippen molar-refractivity contribution < 1.29 is 9.47 Å². The second-order valence-electron chi connectivity index (χ2n) is 3.85. The molecule has 2 aromatic rings. The molecule has 3 N–H and O–H groups in total. The van der Waals surface area contributed by atoms with Gasteiger partial charge in [0.15, 0.2) is 0 Å². The average molecular weight is 247 g/mol. The molecule has 0 fully saturated rings. The Kier molecular flexibility index (Phi) is 4.33. The molecule has 0 aliphatic carbocycles. The Balaban J connectivity index is 2.02. The molecule has 1 aromatic heterocycles. The van der Waals surface area contributed by atoms with Crippen molar-refractivity contribution in [1.82, 2.24) is 10.2 Å². The van der Waals surface area contributed by atoms with Gasteiger partial charge in [-0.15, -0.1) is 0 Å². The van der Waals surface area contributed by atoms with E-state index in [4.69, 9.17) is 15.2 Å². The molecule has 0 saturated heterocycles. The first-order chi connectivity index (χ1) is 8.83. The highest BCUT2D eigenvalue weighted by atomic mass is 16.5. The van der Waals surface area contributed by atoms with Crippen molar-refractivity contribution in [1.29, 1.82) is 0 Å². The molecule has 5 nitrogen and oxygen atoms in total. The van der Waals surface area contributed by atoms with Crippen LogP contribution in [-0.2, 0) is 11.3 Å². The third-order valence-corrected chi connectivity index (χ3v) is 2.56. The summed E-state index contributed by atoms with van der Waals surface area (Å²) in [7, 11) is 1.65. The number of nitrogens with one attached hydrogen (secondary N) is 1. The maximum Gasteiger partial charge on any atom is 0.119 e. The van der Waals surface area contributed by atoms with Gasteiger partial charge in [-0.1, -0.05) is 0 Å². The van der Waals surface area contributed by atoms with Gasteiger partial charge < -0.3 is 15.2 Å². The molecule has 0 bridgehead atoms. The largest absolute Gasteiger partial charge is 0.491 e. The van der Waals surface area contributed by atoms with E-state index in [1.165, 1.54) is 0 Å². The van der Waals surface area contributed by atoms with Crippen LogP contribution >= 0.6 is 0 Å². The standard InChI is InChI=1S/C13H17N3O2/c1-17-6-7-18-12-4-2-10(3-5-12)13-8-11(9-14)15-16-13/h2-5,8H,6-7,9,14H2,1H3,(H,15,16). The third-order valence-electron chi connectivity index (χ3n) is 2.56. The Morgan fingerprint density at radius 3 is 2.61 bits per heavy atom. The summed E-state index contributed by atoms with van der Waals surface area (Å²) >= 11 is 0. The zero-order chi connectivity index (χ0) is 12.8. The van der Waals surface area contributed by atoms with Crippen LogP contribution in [0.5, 0.6) is 5.75 Å². The van der Waals surface area contributed by atoms with E-state index < -0.39 is 0 Å². The number of aromatic amines is 1. The molecular weight excluding hydrogens is 230 g/mol. The highest BCUT2D eigenvalue weighted by molar-refractivity contribution is 5.60. The maximum atomic E-state index is 5.53. The maximum absolute atomic E-state index is 5.53. The van der Waals surface area contributed by atoms with Crippen molar-refractivity contribution in [2.24, 2.45) is 5.73 Å². The predicted octanol–water partition coefficient (Wildman–Crippen LogP) is 1.56. The summed E-state index contributed by atoms with van der Waals surface area (Å²) in [6.07, 6.45) is 0. The molecule has 18 heavy (non-hydrogen) atoms. The number of benzene rings is 1. The van der Waals surface area contributed by atoms with E-state index in [0.717, 1.165) is 22.7 Å². The number of ether oxygens (including phenoxy) is 2. The van der Waals surface area contributed by atoms with Gasteiger partial charge in [0.05, 0.1) is 12.3 Å². The van der Waals surface area contributed by atoms with E-state index in [-0.39, 0.29) is 0 Å². The Morgan fingerprint density at radius 1 is 1.22 bits per heavy atom. The van der Waals surface area contributed by atoms with Crippen molar-refractivity contribution in [3.8, 4) is 17.0 Å². The summed E-state index contributed by atoms with van der Waals surface area (Å²) in [5.41, 5.74) is 8.37. The first-order valence-electron chi connectivity index (χ1n) is 5.80. The lowest BCUT2D eigenvalue weighted by Gasteiger charge is -2.05. The van der Waals surface area contributed by atoms with Gasteiger partial charge in [0.2, 0.25) is 0 Å². The van der Waals surface area contributed by atoms with Crippen LogP contribution < -0.4 is 10.5 Å². The lowest BCUT2D eigenvalue weighted by Crippen LogP contribution is -2.03. The van der Waals surface area contributed by atoms with Gasteiger partial charge in [-0.3, -0.25) is 5.10 Å². The van der Waals surface area contributed by atoms with Gasteiger partial charge in [0, 0.05) is 24.9 Å². The number of aromatic nitrogens is 2. The van der Waals surface area contributed by atoms with Crippen LogP contribution in [0.3, 0.4) is 0 Å². The summed E-state index contributed by atoms with van der Waals surface area (Å²) in [6, 6.07) is 9.72. The monoisotopic (exact) mass is 247 g/mol. The zero-order valence-electron chi connectivity index (χ0n) is 10.3. The van der Waals surface area contributed by atoms with E-state index >= 15 is 0 Å². The fraction of sp³-hybridized carbons (Fsp3) is 0.308. The van der Waals surface area contributed by atoms with Crippen molar-refractivity contribution >= 4 is 0 Å². The minimum atomic E-state index is 0.464. The number of nitrogens with two attached hydrogens (primary N) is 1. The summed E-state index contributed by atoms with van der Waals surface area (Å²) in [4.78, 5) is 0. The lowest BCUT2D eigenvalue weighted by molar-refractivity contribution is 0.146. The fourth-order valence-electron chi connectivity index (χ4n) is 1.58. The minimum absolute atomic E-state index is 0.464. The van der Waals surface area contributed by atoms with Crippen LogP contribution in [-0.4, -0.2) is 30.5 Å². The Morgan fingerprint density at radius 2 is 2.00 bits per heavy atom. The molecule has 2 rings (SSSR count). The SMILES string of the molecule is COCCOc1ccc(-c2cc(CN)[nH]n2)cc1. The molecular formula is C13H17N3O2. The van der Waals surface area contributed by atoms with Crippen LogP contribution in [0.1, 0.15) is 5.69 Å². The molecule has 0 amide bonds. The molecule has 1 heterocycles. The Hall–Kier alpha value is -1.85. The smallest absolute Gasteiger partial charge is 0.119 e. The van der Waals surface area contributed by atoms with Crippen molar-refractivity contribution in [2.75, 3.05) is 20.3 Å². The normalized spacial score (nSPS) is 10.6. The number of hydrogen-bond donors (Lipinski definition) is 2. The van der Waals surface area contributed by atoms with Crippen LogP contribution in [0, 0.1) is 0 Å². The second kappa shape index (κ2) is 6.18. The van der Waals surface area contributed by atoms with Crippen LogP contribution in [0.15, 0.2) is 30.3 Å². The lowest BCUT2D eigenvalue weighted by atomic mass is 10.1. The van der Waals surface area contributed by atoms with Gasteiger partial charge in [-0.05, 0) is 30.3 Å². The molecule has 0 radical (unpaired) electrons. The Bertz CT molecular complexity index is 479. The van der Waals surface area contributed by atoms with Gasteiger partial charge >= 0.3 is 0 Å². The highest BCUT2D eigenvalue weighted by Crippen LogP contribution is 2.21. The molecule has 0 aliphatic heterocycles. The van der Waals surface area contributed by atoms with Gasteiger partial charge in [-0.25, -0.2) is 0 Å². The van der Waals surface area contributed by atoms with E-state index in [0.29, 0.717) is 19.8 Å². The van der Waals surface area contributed by atoms with Crippen LogP contribution in [0.4, 0.5) is 0 Å². The molecule has 0 saturated carbocycles. The van der Waals surface area contributed by atoms with E-state index in [2.05, 4.69) is 10.2 Å². The number of hydrogen-bond acceptors (Lipinski definition) is 4. The van der Waals surface area contributed by atoms with Crippen LogP contribution in [0.2, 0.25) is 0 Å². The average Bonchev–Trinajstić information content (AvgIpc) is 2.89. The van der Waals surface area contributed by atoms with Crippen molar-refractivity contribution in [3.63, 3.8) is 0 Å². The summed E-state index contributed by atoms with van der Waals surface area (Å²) < 4.78 is 10.4. The predicted molar refractivity (Wildman–Crippen MR) is 69.3 cm³/mol. The van der Waals surface area contributed by atoms with Gasteiger partial charge in [-0.2, -0.15) is 5.10 Å². The quantitative estimate of drug-likeness (QED) is 0.760. The molecule has 0 atom stereocenters. The molecule has 96 valence electrons. The highest BCUT2D eigenvalue weighted by Gasteiger charge is 2.03.